The lowest BCUT2D eigenvalue weighted by atomic mass is 10.1. The number of carbonyl (C=O) groups excluding carboxylic acids is 1. The first-order valence-electron chi connectivity index (χ1n) is 11.2. The number of aliphatic hydroxyl groups excluding tert-OH is 1. The zero-order chi connectivity index (χ0) is 19.6. The molecule has 1 aromatic rings. The highest BCUT2D eigenvalue weighted by atomic mass is 35.5. The first-order valence-corrected chi connectivity index (χ1v) is 11.2. The summed E-state index contributed by atoms with van der Waals surface area (Å²) in [5, 5.41) is 9.01. The molecule has 0 amide bonds. The molecule has 2 N–H and O–H groups in total. The first kappa shape index (κ1) is 26.9. The number of hydrogen-bond acceptors (Lipinski definition) is 2. The Morgan fingerprint density at radius 2 is 1.54 bits per heavy atom. The van der Waals surface area contributed by atoms with Gasteiger partial charge in [0.05, 0.1) is 6.61 Å². The van der Waals surface area contributed by atoms with E-state index >= 15 is 0 Å². The molecule has 0 aromatic carbocycles. The van der Waals surface area contributed by atoms with Crippen LogP contribution >= 0.6 is 0 Å². The number of nitrogens with zero attached hydrogens (tertiary/aromatic N) is 1. The molecule has 0 bridgehead atoms. The fourth-order valence-corrected chi connectivity index (χ4v) is 3.37. The maximum Gasteiger partial charge on any atom is 0.323 e. The molecule has 0 aliphatic rings. The topological polar surface area (TPSA) is 57.0 Å². The smallest absolute Gasteiger partial charge is 0.323 e. The molecule has 1 rings (SSSR count). The predicted molar refractivity (Wildman–Crippen MR) is 112 cm³/mol. The van der Waals surface area contributed by atoms with Crippen LogP contribution in [0.3, 0.4) is 0 Å². The highest BCUT2D eigenvalue weighted by Crippen LogP contribution is 2.10. The summed E-state index contributed by atoms with van der Waals surface area (Å²) in [6, 6.07) is 0. The molecule has 0 saturated heterocycles. The second kappa shape index (κ2) is 19.2. The number of Topliss-reactive ketones (excluding diaryl/α,β-unsaturated/α-hetero) is 1. The average molecular weight is 413 g/mol. The zero-order valence-corrected chi connectivity index (χ0v) is 18.6. The Morgan fingerprint density at radius 1 is 0.964 bits per heavy atom. The number of aromatic nitrogens is 2. The van der Waals surface area contributed by atoms with Gasteiger partial charge < -0.3 is 17.5 Å². The minimum atomic E-state index is 0. The molecule has 0 saturated carbocycles. The first-order chi connectivity index (χ1) is 13.3. The van der Waals surface area contributed by atoms with Crippen LogP contribution in [-0.4, -0.2) is 22.5 Å². The number of rotatable bonds is 18. The number of aromatic amines is 1. The van der Waals surface area contributed by atoms with Gasteiger partial charge in [0.1, 0.15) is 18.9 Å². The van der Waals surface area contributed by atoms with Crippen LogP contribution in [0, 0.1) is 0 Å². The molecule has 1 aromatic heterocycles. The van der Waals surface area contributed by atoms with Gasteiger partial charge in [-0.25, -0.2) is 9.55 Å². The van der Waals surface area contributed by atoms with Crippen LogP contribution in [-0.2, 0) is 6.54 Å². The third-order valence-corrected chi connectivity index (χ3v) is 5.03. The molecular formula is C23H41ClN2O2. The summed E-state index contributed by atoms with van der Waals surface area (Å²) in [6.07, 6.45) is 25.3. The Hall–Kier alpha value is -1.13. The monoisotopic (exact) mass is 412 g/mol. The third kappa shape index (κ3) is 13.1. The summed E-state index contributed by atoms with van der Waals surface area (Å²) >= 11 is 0. The number of hydrogen-bond donors (Lipinski definition) is 2. The molecule has 0 fully saturated rings. The minimum Gasteiger partial charge on any atom is -1.00 e. The van der Waals surface area contributed by atoms with E-state index < -0.39 is 0 Å². The highest BCUT2D eigenvalue weighted by Gasteiger charge is 2.18. The Balaban J connectivity index is 0.00000729. The van der Waals surface area contributed by atoms with E-state index in [1.165, 1.54) is 70.6 Å². The summed E-state index contributed by atoms with van der Waals surface area (Å²) in [5.74, 6) is 0.755. The van der Waals surface area contributed by atoms with Crippen LogP contribution in [0.5, 0.6) is 0 Å². The van der Waals surface area contributed by atoms with Crippen molar-refractivity contribution in [3.63, 3.8) is 0 Å². The number of allylic oxidation sites excluding steroid dienone is 2. The fourth-order valence-electron chi connectivity index (χ4n) is 3.37. The molecule has 0 radical (unpaired) electrons. The van der Waals surface area contributed by atoms with Gasteiger partial charge in [0.2, 0.25) is 5.78 Å². The van der Waals surface area contributed by atoms with Crippen molar-refractivity contribution in [2.24, 2.45) is 0 Å². The predicted octanol–water partition coefficient (Wildman–Crippen LogP) is 2.52. The van der Waals surface area contributed by atoms with Crippen molar-refractivity contribution in [2.45, 2.75) is 103 Å². The van der Waals surface area contributed by atoms with Crippen molar-refractivity contribution >= 4 is 5.78 Å². The molecule has 0 aliphatic carbocycles. The van der Waals surface area contributed by atoms with Crippen LogP contribution in [0.4, 0.5) is 0 Å². The van der Waals surface area contributed by atoms with Gasteiger partial charge in [-0.2, -0.15) is 0 Å². The maximum atomic E-state index is 12.2. The number of halogens is 1. The number of ketones is 1. The van der Waals surface area contributed by atoms with Crippen molar-refractivity contribution in [1.29, 1.82) is 0 Å². The molecule has 0 aliphatic heterocycles. The molecular weight excluding hydrogens is 372 g/mol. The molecule has 5 heteroatoms. The van der Waals surface area contributed by atoms with Crippen LogP contribution in [0.25, 0.3) is 0 Å². The van der Waals surface area contributed by atoms with Crippen LogP contribution in [0.1, 0.15) is 107 Å². The Bertz CT molecular complexity index is 514. The Kier molecular flexibility index (Phi) is 18.4. The van der Waals surface area contributed by atoms with E-state index in [4.69, 9.17) is 5.11 Å². The number of aliphatic hydroxyl groups is 1. The standard InChI is InChI=1S/C23H40N2O2.ClH/c1-2-3-4-5-6-7-8-9-10-11-12-13-14-15-16-17-22(27)23-24-18-19-25(23)20-21-26;/h9-10,18-19,26H,2-8,11-17,20-21H2,1H3;1H/b10-9-;. The van der Waals surface area contributed by atoms with E-state index in [-0.39, 0.29) is 24.8 Å². The second-order valence-electron chi connectivity index (χ2n) is 7.48. The van der Waals surface area contributed by atoms with Gasteiger partial charge in [0.15, 0.2) is 0 Å². The van der Waals surface area contributed by atoms with Gasteiger partial charge in [0.25, 0.3) is 0 Å². The van der Waals surface area contributed by atoms with Gasteiger partial charge in [-0.3, -0.25) is 4.79 Å². The number of H-pyrrole nitrogens is 1. The van der Waals surface area contributed by atoms with E-state index in [1.54, 1.807) is 10.8 Å². The summed E-state index contributed by atoms with van der Waals surface area (Å²) in [6.45, 7) is 2.79. The van der Waals surface area contributed by atoms with E-state index in [0.717, 1.165) is 12.8 Å². The Labute approximate surface area is 178 Å². The summed E-state index contributed by atoms with van der Waals surface area (Å²) in [4.78, 5) is 15.2. The van der Waals surface area contributed by atoms with Crippen LogP contribution in [0.15, 0.2) is 24.5 Å². The van der Waals surface area contributed by atoms with Gasteiger partial charge in [-0.05, 0) is 32.1 Å². The lowest BCUT2D eigenvalue weighted by Gasteiger charge is -2.01. The number of unbranched alkanes of at least 4 members (excludes halogenated alkanes) is 11. The lowest BCUT2D eigenvalue weighted by Crippen LogP contribution is -3.00. The van der Waals surface area contributed by atoms with E-state index in [9.17, 15) is 4.79 Å². The molecule has 0 unspecified atom stereocenters. The normalized spacial score (nSPS) is 11.1. The van der Waals surface area contributed by atoms with E-state index in [2.05, 4.69) is 24.1 Å². The second-order valence-corrected chi connectivity index (χ2v) is 7.48. The summed E-state index contributed by atoms with van der Waals surface area (Å²) < 4.78 is 1.79. The lowest BCUT2D eigenvalue weighted by molar-refractivity contribution is -0.698. The minimum absolute atomic E-state index is 0. The third-order valence-electron chi connectivity index (χ3n) is 5.03. The highest BCUT2D eigenvalue weighted by molar-refractivity contribution is 5.91. The van der Waals surface area contributed by atoms with Gasteiger partial charge in [0, 0.05) is 6.42 Å². The summed E-state index contributed by atoms with van der Waals surface area (Å²) in [7, 11) is 0. The molecule has 1 heterocycles. The Morgan fingerprint density at radius 3 is 2.14 bits per heavy atom. The van der Waals surface area contributed by atoms with Crippen molar-refractivity contribution in [2.75, 3.05) is 6.61 Å². The van der Waals surface area contributed by atoms with Crippen molar-refractivity contribution < 1.29 is 26.9 Å². The molecule has 162 valence electrons. The van der Waals surface area contributed by atoms with Crippen molar-refractivity contribution in [3.8, 4) is 0 Å². The number of nitrogens with one attached hydrogen (secondary N) is 1. The van der Waals surface area contributed by atoms with Crippen LogP contribution < -0.4 is 17.0 Å². The quantitative estimate of drug-likeness (QED) is 0.168. The average Bonchev–Trinajstić information content (AvgIpc) is 3.13. The molecule has 0 spiro atoms. The summed E-state index contributed by atoms with van der Waals surface area (Å²) in [5.41, 5.74) is 0. The largest absolute Gasteiger partial charge is 1.00 e. The van der Waals surface area contributed by atoms with E-state index in [0.29, 0.717) is 18.8 Å². The van der Waals surface area contributed by atoms with Crippen LogP contribution in [0.2, 0.25) is 0 Å². The molecule has 0 atom stereocenters. The van der Waals surface area contributed by atoms with Crippen molar-refractivity contribution in [3.05, 3.63) is 30.4 Å². The van der Waals surface area contributed by atoms with E-state index in [1.807, 2.05) is 6.20 Å². The molecule has 4 nitrogen and oxygen atoms in total. The molecule has 28 heavy (non-hydrogen) atoms. The zero-order valence-electron chi connectivity index (χ0n) is 17.8. The number of carbonyl (C=O) groups is 1. The van der Waals surface area contributed by atoms with Gasteiger partial charge in [-0.15, -0.1) is 0 Å². The maximum absolute atomic E-state index is 12.2. The fraction of sp³-hybridized carbons (Fsp3) is 0.739. The number of imidazole rings is 1. The van der Waals surface area contributed by atoms with Gasteiger partial charge in [-0.1, -0.05) is 70.4 Å². The van der Waals surface area contributed by atoms with Crippen molar-refractivity contribution in [1.82, 2.24) is 4.98 Å². The van der Waals surface area contributed by atoms with Gasteiger partial charge >= 0.3 is 5.82 Å². The SMILES string of the molecule is CCCCCCCC/C=C\CCCCCCCC(=O)c1[nH]cc[n+]1CCO.[Cl-].